The van der Waals surface area contributed by atoms with Gasteiger partial charge in [-0.2, -0.15) is 0 Å². The average molecular weight is 287 g/mol. The quantitative estimate of drug-likeness (QED) is 0.893. The summed E-state index contributed by atoms with van der Waals surface area (Å²) in [4.78, 5) is 23.3. The number of benzene rings is 1. The van der Waals surface area contributed by atoms with Crippen molar-refractivity contribution in [1.82, 2.24) is 0 Å². The van der Waals surface area contributed by atoms with Gasteiger partial charge < -0.3 is 10.2 Å². The molecule has 1 aromatic rings. The third kappa shape index (κ3) is 2.20. The zero-order valence-electron chi connectivity index (χ0n) is 9.35. The molecule has 2 rings (SSSR count). The second-order valence-corrected chi connectivity index (χ2v) is 5.77. The third-order valence-electron chi connectivity index (χ3n) is 3.11. The Morgan fingerprint density at radius 3 is 2.72 bits per heavy atom. The first-order chi connectivity index (χ1) is 8.45. The molecule has 0 aromatic heterocycles. The number of halogens is 1. The first kappa shape index (κ1) is 13.2. The van der Waals surface area contributed by atoms with Crippen molar-refractivity contribution in [3.05, 3.63) is 28.8 Å². The summed E-state index contributed by atoms with van der Waals surface area (Å²) < 4.78 is 0. The Bertz CT molecular complexity index is 517. The zero-order chi connectivity index (χ0) is 13.3. The van der Waals surface area contributed by atoms with Crippen molar-refractivity contribution >= 4 is 35.3 Å². The molecule has 0 amide bonds. The fourth-order valence-electron chi connectivity index (χ4n) is 2.21. The minimum atomic E-state index is -1.36. The Balaban J connectivity index is 2.59. The van der Waals surface area contributed by atoms with Crippen LogP contribution in [0.2, 0.25) is 5.02 Å². The van der Waals surface area contributed by atoms with E-state index in [4.69, 9.17) is 16.7 Å². The summed E-state index contributed by atoms with van der Waals surface area (Å²) in [6, 6.07) is 5.01. The molecular weight excluding hydrogens is 276 g/mol. The van der Waals surface area contributed by atoms with Gasteiger partial charge in [0, 0.05) is 9.92 Å². The molecule has 1 heterocycles. The van der Waals surface area contributed by atoms with Gasteiger partial charge in [-0.05, 0) is 35.9 Å². The molecule has 4 nitrogen and oxygen atoms in total. The molecule has 0 saturated heterocycles. The van der Waals surface area contributed by atoms with Crippen LogP contribution >= 0.6 is 23.4 Å². The molecule has 0 bridgehead atoms. The summed E-state index contributed by atoms with van der Waals surface area (Å²) >= 11 is 7.42. The summed E-state index contributed by atoms with van der Waals surface area (Å²) in [5.41, 5.74) is -0.849. The minimum Gasteiger partial charge on any atom is -0.481 e. The van der Waals surface area contributed by atoms with Gasteiger partial charge in [-0.3, -0.25) is 9.59 Å². The molecule has 1 aliphatic heterocycles. The molecule has 18 heavy (non-hydrogen) atoms. The Labute approximate surface area is 113 Å². The number of thioether (sulfide) groups is 1. The molecule has 1 unspecified atom stereocenters. The number of aliphatic carboxylic acids is 2. The number of carboxylic acid groups (broad SMARTS) is 2. The van der Waals surface area contributed by atoms with E-state index in [1.54, 1.807) is 18.2 Å². The second-order valence-electron chi connectivity index (χ2n) is 4.20. The standard InChI is InChI=1S/C12H11ClO4S/c13-7-1-2-9-8(5-7)12(11(16)17,3-4-18-9)6-10(14)15/h1-2,5H,3-4,6H2,(H,14,15)(H,16,17). The summed E-state index contributed by atoms with van der Waals surface area (Å²) in [6.45, 7) is 0. The summed E-state index contributed by atoms with van der Waals surface area (Å²) in [6.07, 6.45) is -0.122. The largest absolute Gasteiger partial charge is 0.481 e. The molecular formula is C12H11ClO4S. The number of rotatable bonds is 3. The molecule has 96 valence electrons. The molecule has 6 heteroatoms. The van der Waals surface area contributed by atoms with E-state index in [0.717, 1.165) is 4.90 Å². The monoisotopic (exact) mass is 286 g/mol. The van der Waals surface area contributed by atoms with Crippen LogP contribution in [0.25, 0.3) is 0 Å². The maximum absolute atomic E-state index is 11.6. The van der Waals surface area contributed by atoms with Gasteiger partial charge in [0.1, 0.15) is 5.41 Å². The van der Waals surface area contributed by atoms with Crippen molar-refractivity contribution in [3.63, 3.8) is 0 Å². The van der Waals surface area contributed by atoms with Crippen LogP contribution < -0.4 is 0 Å². The van der Waals surface area contributed by atoms with E-state index in [1.165, 1.54) is 11.8 Å². The maximum Gasteiger partial charge on any atom is 0.314 e. The van der Waals surface area contributed by atoms with Crippen molar-refractivity contribution in [2.24, 2.45) is 0 Å². The third-order valence-corrected chi connectivity index (χ3v) is 4.42. The second kappa shape index (κ2) is 4.82. The van der Waals surface area contributed by atoms with Crippen molar-refractivity contribution in [2.45, 2.75) is 23.2 Å². The van der Waals surface area contributed by atoms with Crippen molar-refractivity contribution in [1.29, 1.82) is 0 Å². The Morgan fingerprint density at radius 2 is 2.11 bits per heavy atom. The SMILES string of the molecule is O=C(O)CC1(C(=O)O)CCSc2ccc(Cl)cc21. The number of carbonyl (C=O) groups is 2. The molecule has 1 atom stereocenters. The lowest BCUT2D eigenvalue weighted by atomic mass is 9.75. The van der Waals surface area contributed by atoms with Gasteiger partial charge in [-0.1, -0.05) is 11.6 Å². The topological polar surface area (TPSA) is 74.6 Å². The highest BCUT2D eigenvalue weighted by molar-refractivity contribution is 7.99. The molecule has 0 spiro atoms. The fourth-order valence-corrected chi connectivity index (χ4v) is 3.63. The highest BCUT2D eigenvalue weighted by atomic mass is 35.5. The average Bonchev–Trinajstić information content (AvgIpc) is 2.29. The van der Waals surface area contributed by atoms with Gasteiger partial charge in [0.2, 0.25) is 0 Å². The van der Waals surface area contributed by atoms with Crippen LogP contribution in [0.3, 0.4) is 0 Å². The lowest BCUT2D eigenvalue weighted by Gasteiger charge is -2.34. The number of carboxylic acids is 2. The van der Waals surface area contributed by atoms with Gasteiger partial charge >= 0.3 is 11.9 Å². The van der Waals surface area contributed by atoms with Crippen molar-refractivity contribution in [3.8, 4) is 0 Å². The van der Waals surface area contributed by atoms with Crippen molar-refractivity contribution < 1.29 is 19.8 Å². The van der Waals surface area contributed by atoms with E-state index < -0.39 is 23.8 Å². The van der Waals surface area contributed by atoms with Crippen molar-refractivity contribution in [2.75, 3.05) is 5.75 Å². The molecule has 1 aliphatic rings. The van der Waals surface area contributed by atoms with E-state index >= 15 is 0 Å². The van der Waals surface area contributed by atoms with Crippen LogP contribution in [0.5, 0.6) is 0 Å². The molecule has 2 N–H and O–H groups in total. The number of hydrogen-bond donors (Lipinski definition) is 2. The predicted molar refractivity (Wildman–Crippen MR) is 68.4 cm³/mol. The smallest absolute Gasteiger partial charge is 0.314 e. The first-order valence-electron chi connectivity index (χ1n) is 5.34. The normalized spacial score (nSPS) is 22.3. The lowest BCUT2D eigenvalue weighted by molar-refractivity contribution is -0.150. The predicted octanol–water partition coefficient (Wildman–Crippen LogP) is 2.63. The van der Waals surface area contributed by atoms with Gasteiger partial charge in [0.05, 0.1) is 6.42 Å². The number of hydrogen-bond acceptors (Lipinski definition) is 3. The van der Waals surface area contributed by atoms with Gasteiger partial charge in [0.25, 0.3) is 0 Å². The van der Waals surface area contributed by atoms with E-state index in [2.05, 4.69) is 0 Å². The molecule has 0 aliphatic carbocycles. The first-order valence-corrected chi connectivity index (χ1v) is 6.70. The van der Waals surface area contributed by atoms with Gasteiger partial charge in [0.15, 0.2) is 0 Å². The summed E-state index contributed by atoms with van der Waals surface area (Å²) in [7, 11) is 0. The van der Waals surface area contributed by atoms with E-state index in [9.17, 15) is 14.7 Å². The van der Waals surface area contributed by atoms with Gasteiger partial charge in [-0.15, -0.1) is 11.8 Å². The van der Waals surface area contributed by atoms with E-state index in [-0.39, 0.29) is 0 Å². The molecule has 1 aromatic carbocycles. The van der Waals surface area contributed by atoms with Crippen LogP contribution in [-0.4, -0.2) is 27.9 Å². The van der Waals surface area contributed by atoms with Crippen LogP contribution in [0.15, 0.2) is 23.1 Å². The highest BCUT2D eigenvalue weighted by Gasteiger charge is 2.45. The Kier molecular flexibility index (Phi) is 3.54. The summed E-state index contributed by atoms with van der Waals surface area (Å²) in [5, 5.41) is 18.9. The van der Waals surface area contributed by atoms with Crippen LogP contribution in [-0.2, 0) is 15.0 Å². The molecule has 0 radical (unpaired) electrons. The van der Waals surface area contributed by atoms with E-state index in [1.807, 2.05) is 0 Å². The van der Waals surface area contributed by atoms with Crippen LogP contribution in [0.4, 0.5) is 0 Å². The Morgan fingerprint density at radius 1 is 1.39 bits per heavy atom. The molecule has 0 fully saturated rings. The lowest BCUT2D eigenvalue weighted by Crippen LogP contribution is -2.40. The summed E-state index contributed by atoms with van der Waals surface area (Å²) in [5.74, 6) is -1.63. The number of fused-ring (bicyclic) bond motifs is 1. The molecule has 0 saturated carbocycles. The Hall–Kier alpha value is -1.20. The van der Waals surface area contributed by atoms with Gasteiger partial charge in [-0.25, -0.2) is 0 Å². The maximum atomic E-state index is 11.6. The van der Waals surface area contributed by atoms with Crippen LogP contribution in [0, 0.1) is 0 Å². The fraction of sp³-hybridized carbons (Fsp3) is 0.333. The minimum absolute atomic E-state index is 0.298. The van der Waals surface area contributed by atoms with E-state index in [0.29, 0.717) is 22.8 Å². The zero-order valence-corrected chi connectivity index (χ0v) is 10.9. The van der Waals surface area contributed by atoms with Crippen LogP contribution in [0.1, 0.15) is 18.4 Å². The highest BCUT2D eigenvalue weighted by Crippen LogP contribution is 2.45.